The molecule has 2 N–H and O–H groups in total. The molecule has 0 saturated heterocycles. The number of anilines is 3. The maximum Gasteiger partial charge on any atom is 0.272 e. The molecule has 0 fully saturated rings. The molecule has 1 atom stereocenters. The van der Waals surface area contributed by atoms with Gasteiger partial charge >= 0.3 is 0 Å². The topological polar surface area (TPSA) is 97.0 Å². The first-order chi connectivity index (χ1) is 23.4. The number of carbonyl (C=O) groups is 3. The number of methoxy groups -OCH3 is 2. The first-order valence-corrected chi connectivity index (χ1v) is 16.1. The van der Waals surface area contributed by atoms with Crippen molar-refractivity contribution in [1.29, 1.82) is 0 Å². The summed E-state index contributed by atoms with van der Waals surface area (Å²) in [5.41, 5.74) is 2.96. The first kappa shape index (κ1) is 33.6. The average molecular weight is 658 g/mol. The predicted molar refractivity (Wildman–Crippen MR) is 192 cm³/mol. The van der Waals surface area contributed by atoms with Crippen LogP contribution < -0.4 is 25.0 Å². The summed E-state index contributed by atoms with van der Waals surface area (Å²) in [5, 5.41) is 5.19. The van der Waals surface area contributed by atoms with Crippen molar-refractivity contribution in [1.82, 2.24) is 5.32 Å². The van der Waals surface area contributed by atoms with E-state index in [9.17, 15) is 14.4 Å². The predicted octanol–water partition coefficient (Wildman–Crippen LogP) is 7.96. The number of thioether (sulfide) groups is 1. The summed E-state index contributed by atoms with van der Waals surface area (Å²) in [6, 6.07) is 40.2. The Kier molecular flexibility index (Phi) is 11.3. The third kappa shape index (κ3) is 8.31. The molecule has 0 saturated carbocycles. The average Bonchev–Trinajstić information content (AvgIpc) is 3.12. The van der Waals surface area contributed by atoms with E-state index in [0.29, 0.717) is 28.3 Å². The van der Waals surface area contributed by atoms with E-state index in [-0.39, 0.29) is 11.6 Å². The van der Waals surface area contributed by atoms with E-state index >= 15 is 0 Å². The van der Waals surface area contributed by atoms with Crippen LogP contribution in [-0.2, 0) is 9.59 Å². The van der Waals surface area contributed by atoms with Gasteiger partial charge in [0.15, 0.2) is 11.5 Å². The smallest absolute Gasteiger partial charge is 0.272 e. The first-order valence-electron chi connectivity index (χ1n) is 15.2. The normalized spacial score (nSPS) is 11.6. The van der Waals surface area contributed by atoms with E-state index < -0.39 is 17.1 Å². The molecule has 0 aliphatic rings. The molecule has 0 spiro atoms. The number of ether oxygens (including phenoxy) is 2. The second-order valence-electron chi connectivity index (χ2n) is 10.5. The highest BCUT2D eigenvalue weighted by atomic mass is 32.2. The van der Waals surface area contributed by atoms with Crippen LogP contribution in [0.1, 0.15) is 22.8 Å². The van der Waals surface area contributed by atoms with Crippen LogP contribution >= 0.6 is 11.8 Å². The van der Waals surface area contributed by atoms with E-state index in [1.165, 1.54) is 26.0 Å². The van der Waals surface area contributed by atoms with Crippen molar-refractivity contribution < 1.29 is 23.9 Å². The summed E-state index contributed by atoms with van der Waals surface area (Å²) in [6.07, 6.45) is 1.54. The highest BCUT2D eigenvalue weighted by molar-refractivity contribution is 8.00. The van der Waals surface area contributed by atoms with E-state index in [4.69, 9.17) is 9.47 Å². The van der Waals surface area contributed by atoms with Gasteiger partial charge in [-0.2, -0.15) is 0 Å². The zero-order valence-electron chi connectivity index (χ0n) is 26.8. The van der Waals surface area contributed by atoms with Crippen LogP contribution in [0, 0.1) is 0 Å². The SMILES string of the molecule is COc1cccc(/C=C(/NC(=O)c2ccccc2)C(=O)Nc2cccc(SC(C)C(=O)N(c3ccccc3)c3ccccc3)c2)c1OC. The summed E-state index contributed by atoms with van der Waals surface area (Å²) >= 11 is 1.38. The van der Waals surface area contributed by atoms with Gasteiger partial charge in [-0.25, -0.2) is 0 Å². The number of hydrogen-bond donors (Lipinski definition) is 2. The van der Waals surface area contributed by atoms with Gasteiger partial charge in [-0.15, -0.1) is 11.8 Å². The van der Waals surface area contributed by atoms with Gasteiger partial charge in [-0.05, 0) is 73.7 Å². The zero-order valence-corrected chi connectivity index (χ0v) is 27.6. The van der Waals surface area contributed by atoms with Gasteiger partial charge in [0.05, 0.1) is 19.5 Å². The van der Waals surface area contributed by atoms with Crippen molar-refractivity contribution in [2.45, 2.75) is 17.1 Å². The van der Waals surface area contributed by atoms with E-state index in [1.54, 1.807) is 71.6 Å². The number of amides is 3. The molecule has 5 aromatic carbocycles. The molecule has 9 heteroatoms. The Hall–Kier alpha value is -5.80. The van der Waals surface area contributed by atoms with Crippen LogP contribution in [0.15, 0.2) is 144 Å². The van der Waals surface area contributed by atoms with Crippen LogP contribution in [-0.4, -0.2) is 37.2 Å². The molecule has 0 aliphatic heterocycles. The standard InChI is InChI=1S/C39H35N3O5S/c1-27(39(45)42(31-19-9-5-10-20-31)32-21-11-6-12-22-32)48-33-23-14-18-30(26-33)40-38(44)34(41-37(43)28-15-7-4-8-16-28)25-29-17-13-24-35(46-2)36(29)47-3/h4-27H,1-3H3,(H,40,44)(H,41,43)/b34-25+. The fourth-order valence-electron chi connectivity index (χ4n) is 4.96. The maximum absolute atomic E-state index is 13.9. The molecule has 48 heavy (non-hydrogen) atoms. The minimum absolute atomic E-state index is 0.00151. The zero-order chi connectivity index (χ0) is 33.9. The Balaban J connectivity index is 1.38. The van der Waals surface area contributed by atoms with Crippen molar-refractivity contribution in [2.75, 3.05) is 24.4 Å². The number of nitrogens with one attached hydrogen (secondary N) is 2. The molecule has 0 bridgehead atoms. The monoisotopic (exact) mass is 657 g/mol. The van der Waals surface area contributed by atoms with E-state index in [0.717, 1.165) is 16.3 Å². The van der Waals surface area contributed by atoms with Crippen LogP contribution in [0.5, 0.6) is 11.5 Å². The number of carbonyl (C=O) groups excluding carboxylic acids is 3. The number of benzene rings is 5. The third-order valence-corrected chi connectivity index (χ3v) is 8.35. The fraction of sp³-hybridized carbons (Fsp3) is 0.103. The molecule has 8 nitrogen and oxygen atoms in total. The minimum Gasteiger partial charge on any atom is -0.493 e. The van der Waals surface area contributed by atoms with Gasteiger partial charge in [0, 0.05) is 33.1 Å². The lowest BCUT2D eigenvalue weighted by Crippen LogP contribution is -2.32. The van der Waals surface area contributed by atoms with Gasteiger partial charge in [0.1, 0.15) is 5.70 Å². The van der Waals surface area contributed by atoms with Crippen LogP contribution in [0.4, 0.5) is 17.1 Å². The molecule has 0 aromatic heterocycles. The van der Waals surface area contributed by atoms with Gasteiger partial charge in [0.2, 0.25) is 5.91 Å². The van der Waals surface area contributed by atoms with Gasteiger partial charge in [-0.1, -0.05) is 72.8 Å². The fourth-order valence-corrected chi connectivity index (χ4v) is 5.93. The molecule has 242 valence electrons. The largest absolute Gasteiger partial charge is 0.493 e. The Morgan fingerprint density at radius 2 is 1.33 bits per heavy atom. The van der Waals surface area contributed by atoms with Crippen molar-refractivity contribution in [2.24, 2.45) is 0 Å². The molecule has 0 radical (unpaired) electrons. The summed E-state index contributed by atoms with van der Waals surface area (Å²) in [7, 11) is 3.03. The highest BCUT2D eigenvalue weighted by Crippen LogP contribution is 2.33. The Bertz CT molecular complexity index is 1860. The Labute approximate surface area is 284 Å². The van der Waals surface area contributed by atoms with Crippen LogP contribution in [0.25, 0.3) is 6.08 Å². The Morgan fingerprint density at radius 1 is 0.729 bits per heavy atom. The van der Waals surface area contributed by atoms with Gasteiger partial charge in [-0.3, -0.25) is 19.3 Å². The molecule has 5 rings (SSSR count). The molecule has 5 aromatic rings. The van der Waals surface area contributed by atoms with E-state index in [2.05, 4.69) is 10.6 Å². The number of para-hydroxylation sites is 3. The van der Waals surface area contributed by atoms with Crippen LogP contribution in [0.2, 0.25) is 0 Å². The molecule has 0 heterocycles. The quantitative estimate of drug-likeness (QED) is 0.104. The highest BCUT2D eigenvalue weighted by Gasteiger charge is 2.25. The lowest BCUT2D eigenvalue weighted by atomic mass is 10.1. The van der Waals surface area contributed by atoms with Crippen molar-refractivity contribution in [3.05, 3.63) is 150 Å². The molecule has 3 amide bonds. The second kappa shape index (κ2) is 16.2. The third-order valence-electron chi connectivity index (χ3n) is 7.26. The molecule has 1 unspecified atom stereocenters. The molecular formula is C39H35N3O5S. The lowest BCUT2D eigenvalue weighted by molar-refractivity contribution is -0.117. The van der Waals surface area contributed by atoms with Crippen molar-refractivity contribution in [3.63, 3.8) is 0 Å². The summed E-state index contributed by atoms with van der Waals surface area (Å²) < 4.78 is 11.0. The van der Waals surface area contributed by atoms with Gasteiger partial charge < -0.3 is 20.1 Å². The molecule has 0 aliphatic carbocycles. The molecular weight excluding hydrogens is 623 g/mol. The van der Waals surface area contributed by atoms with E-state index in [1.807, 2.05) is 79.7 Å². The number of hydrogen-bond acceptors (Lipinski definition) is 6. The maximum atomic E-state index is 13.9. The Morgan fingerprint density at radius 3 is 1.94 bits per heavy atom. The lowest BCUT2D eigenvalue weighted by Gasteiger charge is -2.26. The van der Waals surface area contributed by atoms with Crippen LogP contribution in [0.3, 0.4) is 0 Å². The summed E-state index contributed by atoms with van der Waals surface area (Å²) in [6.45, 7) is 1.86. The van der Waals surface area contributed by atoms with Crippen molar-refractivity contribution >= 4 is 52.6 Å². The minimum atomic E-state index is -0.547. The summed E-state index contributed by atoms with van der Waals surface area (Å²) in [5.74, 6) is -0.192. The number of rotatable bonds is 12. The second-order valence-corrected chi connectivity index (χ2v) is 12.0. The summed E-state index contributed by atoms with van der Waals surface area (Å²) in [4.78, 5) is 43.3. The van der Waals surface area contributed by atoms with Gasteiger partial charge in [0.25, 0.3) is 11.8 Å². The number of nitrogens with zero attached hydrogens (tertiary/aromatic N) is 1. The van der Waals surface area contributed by atoms with Crippen molar-refractivity contribution in [3.8, 4) is 11.5 Å².